The lowest BCUT2D eigenvalue weighted by atomic mass is 9.96. The molecule has 3 aromatic carbocycles. The van der Waals surface area contributed by atoms with E-state index in [2.05, 4.69) is 6.08 Å². The van der Waals surface area contributed by atoms with Crippen molar-refractivity contribution in [2.24, 2.45) is 0 Å². The Hall–Kier alpha value is -3.16. The molecule has 0 unspecified atom stereocenters. The fourth-order valence-corrected chi connectivity index (χ4v) is 6.51. The van der Waals surface area contributed by atoms with Crippen molar-refractivity contribution in [2.45, 2.75) is 30.2 Å². The maximum absolute atomic E-state index is 13.5. The minimum Gasteiger partial charge on any atom is -0.483 e. The number of sulfonamides is 1. The molecule has 2 heterocycles. The smallest absolute Gasteiger partial charge is 0.274 e. The maximum atomic E-state index is 13.5. The number of hydrogen-bond acceptors (Lipinski definition) is 4. The average molecular weight is 480 g/mol. The summed E-state index contributed by atoms with van der Waals surface area (Å²) in [7, 11) is -3.80. The Morgan fingerprint density at radius 1 is 1.03 bits per heavy atom. The van der Waals surface area contributed by atoms with Crippen LogP contribution in [-0.4, -0.2) is 14.0 Å². The van der Waals surface area contributed by atoms with Gasteiger partial charge in [-0.05, 0) is 84.1 Å². The highest BCUT2D eigenvalue weighted by atomic mass is 32.2. The summed E-state index contributed by atoms with van der Waals surface area (Å²) in [6.07, 6.45) is 4.11. The lowest BCUT2D eigenvalue weighted by molar-refractivity contribution is 0.159. The number of benzene rings is 3. The van der Waals surface area contributed by atoms with Crippen molar-refractivity contribution in [3.05, 3.63) is 95.1 Å². The van der Waals surface area contributed by atoms with Crippen LogP contribution in [0.3, 0.4) is 0 Å². The van der Waals surface area contributed by atoms with Gasteiger partial charge in [-0.2, -0.15) is 0 Å². The summed E-state index contributed by atoms with van der Waals surface area (Å²) in [5.41, 5.74) is 1.90. The van der Waals surface area contributed by atoms with Gasteiger partial charge in [0.25, 0.3) is 10.0 Å². The lowest BCUT2D eigenvalue weighted by Gasteiger charge is -2.28. The molecule has 0 saturated heterocycles. The van der Waals surface area contributed by atoms with Crippen molar-refractivity contribution in [3.8, 4) is 5.75 Å². The van der Waals surface area contributed by atoms with Crippen LogP contribution in [0.25, 0.3) is 16.8 Å². The van der Waals surface area contributed by atoms with Gasteiger partial charge in [0.1, 0.15) is 21.4 Å². The van der Waals surface area contributed by atoms with E-state index in [0.29, 0.717) is 5.69 Å². The molecule has 1 aromatic heterocycles. The fourth-order valence-electron chi connectivity index (χ4n) is 3.95. The van der Waals surface area contributed by atoms with E-state index in [4.69, 9.17) is 4.74 Å². The van der Waals surface area contributed by atoms with Crippen LogP contribution >= 0.6 is 11.3 Å². The second-order valence-corrected chi connectivity index (χ2v) is 11.5. The molecule has 0 N–H and O–H groups in total. The number of nitrogens with zero attached hydrogens (tertiary/aromatic N) is 1. The summed E-state index contributed by atoms with van der Waals surface area (Å²) in [5.74, 6) is 0.414. The maximum Gasteiger partial charge on any atom is 0.274 e. The molecule has 0 spiro atoms. The predicted octanol–water partition coefficient (Wildman–Crippen LogP) is 6.62. The molecule has 1 aliphatic rings. The molecule has 0 fully saturated rings. The Labute approximate surface area is 196 Å². The third-order valence-corrected chi connectivity index (χ3v) is 8.74. The lowest BCUT2D eigenvalue weighted by Crippen LogP contribution is -2.30. The Kier molecular flexibility index (Phi) is 5.26. The average Bonchev–Trinajstić information content (AvgIpc) is 3.33. The zero-order valence-electron chi connectivity index (χ0n) is 18.2. The highest BCUT2D eigenvalue weighted by molar-refractivity contribution is 7.94. The quantitative estimate of drug-likeness (QED) is 0.323. The van der Waals surface area contributed by atoms with Gasteiger partial charge in [0.15, 0.2) is 0 Å². The van der Waals surface area contributed by atoms with Gasteiger partial charge in [0.2, 0.25) is 0 Å². The Bertz CT molecular complexity index is 1460. The Balaban J connectivity index is 1.55. The summed E-state index contributed by atoms with van der Waals surface area (Å²) < 4.78 is 48.0. The SMILES string of the molecule is CC1(C)C=Cc2c(ccc3cc(CN(c4ccc(F)cc4)S(=O)(=O)c4cccs4)ccc23)O1. The summed E-state index contributed by atoms with van der Waals surface area (Å²) >= 11 is 1.16. The van der Waals surface area contributed by atoms with E-state index >= 15 is 0 Å². The van der Waals surface area contributed by atoms with E-state index in [1.807, 2.05) is 50.3 Å². The minimum absolute atomic E-state index is 0.123. The molecule has 0 aliphatic carbocycles. The number of ether oxygens (including phenoxy) is 1. The van der Waals surface area contributed by atoms with Crippen molar-refractivity contribution in [2.75, 3.05) is 4.31 Å². The highest BCUT2D eigenvalue weighted by Crippen LogP contribution is 2.37. The number of anilines is 1. The third kappa shape index (κ3) is 4.14. The largest absolute Gasteiger partial charge is 0.483 e. The predicted molar refractivity (Wildman–Crippen MR) is 132 cm³/mol. The molecule has 4 aromatic rings. The van der Waals surface area contributed by atoms with Crippen molar-refractivity contribution < 1.29 is 17.5 Å². The van der Waals surface area contributed by atoms with Gasteiger partial charge in [-0.1, -0.05) is 30.3 Å². The van der Waals surface area contributed by atoms with Crippen molar-refractivity contribution >= 4 is 43.9 Å². The van der Waals surface area contributed by atoms with E-state index in [0.717, 1.165) is 39.0 Å². The van der Waals surface area contributed by atoms with Crippen molar-refractivity contribution in [3.63, 3.8) is 0 Å². The van der Waals surface area contributed by atoms with Gasteiger partial charge in [-0.15, -0.1) is 11.3 Å². The van der Waals surface area contributed by atoms with Gasteiger partial charge in [-0.3, -0.25) is 4.31 Å². The molecule has 0 amide bonds. The van der Waals surface area contributed by atoms with Crippen LogP contribution in [-0.2, 0) is 16.6 Å². The van der Waals surface area contributed by atoms with Gasteiger partial charge >= 0.3 is 0 Å². The minimum atomic E-state index is -3.80. The van der Waals surface area contributed by atoms with Crippen LogP contribution in [0.4, 0.5) is 10.1 Å². The first-order valence-electron chi connectivity index (χ1n) is 10.5. The Morgan fingerprint density at radius 2 is 1.82 bits per heavy atom. The van der Waals surface area contributed by atoms with Gasteiger partial charge in [0, 0.05) is 5.56 Å². The van der Waals surface area contributed by atoms with E-state index in [1.54, 1.807) is 17.5 Å². The van der Waals surface area contributed by atoms with Gasteiger partial charge < -0.3 is 4.74 Å². The molecule has 1 aliphatic heterocycles. The van der Waals surface area contributed by atoms with Crippen LogP contribution < -0.4 is 9.04 Å². The highest BCUT2D eigenvalue weighted by Gasteiger charge is 2.27. The van der Waals surface area contributed by atoms with Crippen LogP contribution in [0.1, 0.15) is 25.0 Å². The third-order valence-electron chi connectivity index (χ3n) is 5.59. The molecule has 0 saturated carbocycles. The second-order valence-electron chi connectivity index (χ2n) is 8.49. The fraction of sp³-hybridized carbons (Fsp3) is 0.154. The number of hydrogen-bond donors (Lipinski definition) is 0. The van der Waals surface area contributed by atoms with Crippen molar-refractivity contribution in [1.29, 1.82) is 0 Å². The molecule has 33 heavy (non-hydrogen) atoms. The standard InChI is InChI=1S/C26H22FNO3S2/c1-26(2)14-13-23-22-11-5-18(16-19(22)6-12-24(23)31-26)17-28(21-9-7-20(27)8-10-21)33(29,30)25-4-3-15-32-25/h3-16H,17H2,1-2H3. The molecule has 5 rings (SSSR count). The number of rotatable bonds is 5. The van der Waals surface area contributed by atoms with E-state index in [1.165, 1.54) is 28.6 Å². The van der Waals surface area contributed by atoms with E-state index < -0.39 is 15.8 Å². The van der Waals surface area contributed by atoms with Crippen LogP contribution in [0.5, 0.6) is 5.75 Å². The molecule has 0 radical (unpaired) electrons. The van der Waals surface area contributed by atoms with Crippen LogP contribution in [0.2, 0.25) is 0 Å². The summed E-state index contributed by atoms with van der Waals surface area (Å²) in [6.45, 7) is 4.15. The second kappa shape index (κ2) is 8.01. The topological polar surface area (TPSA) is 46.6 Å². The number of halogens is 1. The van der Waals surface area contributed by atoms with Crippen molar-refractivity contribution in [1.82, 2.24) is 0 Å². The van der Waals surface area contributed by atoms with Gasteiger partial charge in [-0.25, -0.2) is 12.8 Å². The first kappa shape index (κ1) is 21.7. The normalized spacial score (nSPS) is 14.6. The first-order valence-corrected chi connectivity index (χ1v) is 12.8. The van der Waals surface area contributed by atoms with Crippen LogP contribution in [0.15, 0.2) is 82.4 Å². The van der Waals surface area contributed by atoms with E-state index in [9.17, 15) is 12.8 Å². The molecule has 168 valence electrons. The molecule has 0 atom stereocenters. The number of fused-ring (bicyclic) bond motifs is 3. The first-order chi connectivity index (χ1) is 15.7. The molecule has 0 bridgehead atoms. The monoisotopic (exact) mass is 479 g/mol. The summed E-state index contributed by atoms with van der Waals surface area (Å²) in [6, 6.07) is 18.7. The van der Waals surface area contributed by atoms with E-state index in [-0.39, 0.29) is 16.4 Å². The summed E-state index contributed by atoms with van der Waals surface area (Å²) in [5, 5.41) is 3.76. The number of thiophene rings is 1. The molecular formula is C26H22FNO3S2. The molecule has 7 heteroatoms. The molecule has 4 nitrogen and oxygen atoms in total. The zero-order chi connectivity index (χ0) is 23.2. The molecular weight excluding hydrogens is 457 g/mol. The van der Waals surface area contributed by atoms with Crippen LogP contribution in [0, 0.1) is 5.82 Å². The Morgan fingerprint density at radius 3 is 2.55 bits per heavy atom. The van der Waals surface area contributed by atoms with Gasteiger partial charge in [0.05, 0.1) is 12.2 Å². The summed E-state index contributed by atoms with van der Waals surface area (Å²) in [4.78, 5) is 0. The zero-order valence-corrected chi connectivity index (χ0v) is 19.8.